The topological polar surface area (TPSA) is 69.4 Å². The number of anilines is 1. The molecular formula is C9H7BrFNO3. The number of ether oxygens (including phenoxy) is 1. The largest absolute Gasteiger partial charge is 0.465 e. The van der Waals surface area contributed by atoms with Gasteiger partial charge in [0.05, 0.1) is 22.8 Å². The van der Waals surface area contributed by atoms with E-state index in [1.54, 1.807) is 0 Å². The Kier molecular flexibility index (Phi) is 3.41. The molecule has 0 saturated carbocycles. The van der Waals surface area contributed by atoms with Crippen molar-refractivity contribution in [2.24, 2.45) is 0 Å². The van der Waals surface area contributed by atoms with Gasteiger partial charge in [0.15, 0.2) is 12.1 Å². The van der Waals surface area contributed by atoms with Gasteiger partial charge in [0.2, 0.25) is 0 Å². The molecule has 0 aliphatic rings. The van der Waals surface area contributed by atoms with E-state index in [2.05, 4.69) is 20.7 Å². The maximum Gasteiger partial charge on any atom is 0.340 e. The standard InChI is InChI=1S/C9H7BrFNO3/c1-15-9(14)5-2-4(3-13)6(10)7(11)8(5)12/h2-3H,12H2,1H3. The monoisotopic (exact) mass is 275 g/mol. The molecule has 0 heterocycles. The van der Waals surface area contributed by atoms with Crippen molar-refractivity contribution in [2.75, 3.05) is 12.8 Å². The first kappa shape index (κ1) is 11.6. The van der Waals surface area contributed by atoms with E-state index < -0.39 is 11.8 Å². The van der Waals surface area contributed by atoms with E-state index in [0.717, 1.165) is 7.11 Å². The number of benzene rings is 1. The normalized spacial score (nSPS) is 9.80. The number of aldehydes is 1. The number of hydrogen-bond acceptors (Lipinski definition) is 4. The first-order chi connectivity index (χ1) is 7.02. The van der Waals surface area contributed by atoms with Crippen LogP contribution in [0.2, 0.25) is 0 Å². The number of methoxy groups -OCH3 is 1. The highest BCUT2D eigenvalue weighted by Crippen LogP contribution is 2.28. The number of nitrogen functional groups attached to an aromatic ring is 1. The van der Waals surface area contributed by atoms with Gasteiger partial charge >= 0.3 is 5.97 Å². The molecule has 80 valence electrons. The molecule has 0 amide bonds. The summed E-state index contributed by atoms with van der Waals surface area (Å²) >= 11 is 2.86. The number of halogens is 2. The second kappa shape index (κ2) is 4.39. The molecule has 4 nitrogen and oxygen atoms in total. The van der Waals surface area contributed by atoms with Crippen molar-refractivity contribution < 1.29 is 18.7 Å². The van der Waals surface area contributed by atoms with Crippen molar-refractivity contribution in [3.8, 4) is 0 Å². The lowest BCUT2D eigenvalue weighted by Crippen LogP contribution is -2.09. The maximum atomic E-state index is 13.4. The van der Waals surface area contributed by atoms with Crippen LogP contribution in [0.4, 0.5) is 10.1 Å². The van der Waals surface area contributed by atoms with Gasteiger partial charge in [0, 0.05) is 5.56 Å². The fourth-order valence-electron chi connectivity index (χ4n) is 1.02. The summed E-state index contributed by atoms with van der Waals surface area (Å²) in [6, 6.07) is 1.17. The predicted molar refractivity (Wildman–Crippen MR) is 55.2 cm³/mol. The number of hydrogen-bond donors (Lipinski definition) is 1. The number of nitrogens with two attached hydrogens (primary N) is 1. The molecule has 0 spiro atoms. The predicted octanol–water partition coefficient (Wildman–Crippen LogP) is 1.77. The minimum Gasteiger partial charge on any atom is -0.465 e. The highest BCUT2D eigenvalue weighted by Gasteiger charge is 2.19. The quantitative estimate of drug-likeness (QED) is 0.507. The molecule has 0 unspecified atom stereocenters. The third kappa shape index (κ3) is 1.99. The van der Waals surface area contributed by atoms with Gasteiger partial charge in [-0.2, -0.15) is 0 Å². The van der Waals surface area contributed by atoms with Gasteiger partial charge in [-0.25, -0.2) is 9.18 Å². The van der Waals surface area contributed by atoms with Gasteiger partial charge in [-0.1, -0.05) is 0 Å². The molecule has 2 N–H and O–H groups in total. The van der Waals surface area contributed by atoms with Crippen molar-refractivity contribution >= 4 is 33.9 Å². The van der Waals surface area contributed by atoms with Crippen LogP contribution in [0.3, 0.4) is 0 Å². The second-order valence-electron chi connectivity index (χ2n) is 2.66. The Hall–Kier alpha value is -1.43. The molecule has 15 heavy (non-hydrogen) atoms. The Balaban J connectivity index is 3.48. The van der Waals surface area contributed by atoms with E-state index in [4.69, 9.17) is 5.73 Å². The van der Waals surface area contributed by atoms with Crippen LogP contribution in [0.15, 0.2) is 10.5 Å². The summed E-state index contributed by atoms with van der Waals surface area (Å²) in [6.07, 6.45) is 0.416. The van der Waals surface area contributed by atoms with E-state index in [0.29, 0.717) is 6.29 Å². The zero-order chi connectivity index (χ0) is 11.6. The first-order valence-electron chi connectivity index (χ1n) is 3.83. The van der Waals surface area contributed by atoms with Crippen LogP contribution in [0.1, 0.15) is 20.7 Å². The van der Waals surface area contributed by atoms with Crippen LogP contribution in [-0.4, -0.2) is 19.4 Å². The molecule has 0 atom stereocenters. The molecule has 0 aliphatic carbocycles. The van der Waals surface area contributed by atoms with Crippen LogP contribution in [0.5, 0.6) is 0 Å². The van der Waals surface area contributed by atoms with Crippen LogP contribution in [-0.2, 0) is 4.74 Å². The van der Waals surface area contributed by atoms with Gasteiger partial charge in [0.1, 0.15) is 0 Å². The Morgan fingerprint density at radius 2 is 2.27 bits per heavy atom. The smallest absolute Gasteiger partial charge is 0.340 e. The molecule has 1 aromatic rings. The number of carbonyl (C=O) groups excluding carboxylic acids is 2. The highest BCUT2D eigenvalue weighted by molar-refractivity contribution is 9.10. The molecule has 0 fully saturated rings. The molecular weight excluding hydrogens is 269 g/mol. The zero-order valence-corrected chi connectivity index (χ0v) is 9.30. The van der Waals surface area contributed by atoms with Crippen molar-refractivity contribution in [1.82, 2.24) is 0 Å². The molecule has 1 aromatic carbocycles. The summed E-state index contributed by atoms with van der Waals surface area (Å²) in [5.74, 6) is -1.64. The SMILES string of the molecule is COC(=O)c1cc(C=O)c(Br)c(F)c1N. The summed E-state index contributed by atoms with van der Waals surface area (Å²) in [5, 5.41) is 0. The molecule has 0 aliphatic heterocycles. The molecule has 0 bridgehead atoms. The lowest BCUT2D eigenvalue weighted by molar-refractivity contribution is 0.0601. The summed E-state index contributed by atoms with van der Waals surface area (Å²) in [6.45, 7) is 0. The highest BCUT2D eigenvalue weighted by atomic mass is 79.9. The van der Waals surface area contributed by atoms with E-state index in [1.807, 2.05) is 0 Å². The average molecular weight is 276 g/mol. The van der Waals surface area contributed by atoms with Gasteiger partial charge in [0.25, 0.3) is 0 Å². The lowest BCUT2D eigenvalue weighted by Gasteiger charge is -2.07. The number of rotatable bonds is 2. The Bertz CT molecular complexity index is 434. The fourth-order valence-corrected chi connectivity index (χ4v) is 1.45. The fraction of sp³-hybridized carbons (Fsp3) is 0.111. The van der Waals surface area contributed by atoms with Crippen LogP contribution >= 0.6 is 15.9 Å². The maximum absolute atomic E-state index is 13.4. The summed E-state index contributed by atoms with van der Waals surface area (Å²) in [7, 11) is 1.14. The minimum atomic E-state index is -0.847. The summed E-state index contributed by atoms with van der Waals surface area (Å²) in [4.78, 5) is 21.7. The first-order valence-corrected chi connectivity index (χ1v) is 4.63. The number of esters is 1. The Labute approximate surface area is 93.3 Å². The third-order valence-electron chi connectivity index (χ3n) is 1.80. The second-order valence-corrected chi connectivity index (χ2v) is 3.46. The van der Waals surface area contributed by atoms with Crippen molar-refractivity contribution in [2.45, 2.75) is 0 Å². The van der Waals surface area contributed by atoms with Gasteiger partial charge in [-0.15, -0.1) is 0 Å². The lowest BCUT2D eigenvalue weighted by atomic mass is 10.1. The third-order valence-corrected chi connectivity index (χ3v) is 2.61. The Morgan fingerprint density at radius 3 is 2.73 bits per heavy atom. The summed E-state index contributed by atoms with van der Waals surface area (Å²) < 4.78 is 17.7. The van der Waals surface area contributed by atoms with Crippen molar-refractivity contribution in [1.29, 1.82) is 0 Å². The van der Waals surface area contributed by atoms with Crippen molar-refractivity contribution in [3.05, 3.63) is 27.5 Å². The number of carbonyl (C=O) groups is 2. The Morgan fingerprint density at radius 1 is 1.67 bits per heavy atom. The van der Waals surface area contributed by atoms with E-state index >= 15 is 0 Å². The average Bonchev–Trinajstić information content (AvgIpc) is 2.25. The van der Waals surface area contributed by atoms with Gasteiger partial charge in [-0.05, 0) is 22.0 Å². The van der Waals surface area contributed by atoms with Crippen molar-refractivity contribution in [3.63, 3.8) is 0 Å². The van der Waals surface area contributed by atoms with E-state index in [1.165, 1.54) is 6.07 Å². The zero-order valence-electron chi connectivity index (χ0n) is 7.71. The molecule has 6 heteroatoms. The minimum absolute atomic E-state index is 0.00194. The van der Waals surface area contributed by atoms with Crippen LogP contribution < -0.4 is 5.73 Å². The van der Waals surface area contributed by atoms with Gasteiger partial charge in [-0.3, -0.25) is 4.79 Å². The van der Waals surface area contributed by atoms with Crippen LogP contribution in [0.25, 0.3) is 0 Å². The molecule has 0 radical (unpaired) electrons. The molecule has 0 aromatic heterocycles. The van der Waals surface area contributed by atoms with E-state index in [-0.39, 0.29) is 21.3 Å². The van der Waals surface area contributed by atoms with Gasteiger partial charge < -0.3 is 10.5 Å². The molecule has 0 saturated heterocycles. The molecule has 1 rings (SSSR count). The summed E-state index contributed by atoms with van der Waals surface area (Å²) in [5.41, 5.74) is 4.85. The van der Waals surface area contributed by atoms with E-state index in [9.17, 15) is 14.0 Å². The van der Waals surface area contributed by atoms with Crippen LogP contribution in [0, 0.1) is 5.82 Å².